The zero-order chi connectivity index (χ0) is 17.5. The van der Waals surface area contributed by atoms with Crippen molar-refractivity contribution in [3.63, 3.8) is 0 Å². The molecule has 2 rings (SSSR count). The first-order valence-corrected chi connectivity index (χ1v) is 8.57. The maximum absolute atomic E-state index is 13.7. The summed E-state index contributed by atoms with van der Waals surface area (Å²) in [5, 5.41) is 2.94. The van der Waals surface area contributed by atoms with Crippen molar-refractivity contribution in [3.05, 3.63) is 47.0 Å². The van der Waals surface area contributed by atoms with Gasteiger partial charge in [-0.15, -0.1) is 0 Å². The number of allylic oxidation sites excluding steroid dienone is 1. The van der Waals surface area contributed by atoms with E-state index in [9.17, 15) is 13.6 Å². The van der Waals surface area contributed by atoms with Gasteiger partial charge in [-0.1, -0.05) is 17.7 Å². The van der Waals surface area contributed by atoms with Gasteiger partial charge in [-0.05, 0) is 52.1 Å². The molecule has 1 aromatic carbocycles. The minimum Gasteiger partial charge on any atom is -0.354 e. The molecule has 1 aliphatic rings. The van der Waals surface area contributed by atoms with E-state index in [1.165, 1.54) is 30.5 Å². The second kappa shape index (κ2) is 8.92. The molecular weight excluding hydrogens is 310 g/mol. The Labute approximate surface area is 142 Å². The number of amides is 1. The topological polar surface area (TPSA) is 32.3 Å². The Bertz CT molecular complexity index is 601. The number of rotatable bonds is 7. The van der Waals surface area contributed by atoms with Gasteiger partial charge in [0.2, 0.25) is 5.91 Å². The van der Waals surface area contributed by atoms with Gasteiger partial charge in [0, 0.05) is 24.7 Å². The van der Waals surface area contributed by atoms with Crippen molar-refractivity contribution in [2.45, 2.75) is 51.6 Å². The third-order valence-corrected chi connectivity index (χ3v) is 4.61. The SMILES string of the molecule is CC(C(=O)NCCC1=CCCCC1)N(C)Cc1ccc(F)cc1F. The van der Waals surface area contributed by atoms with Crippen LogP contribution in [0.15, 0.2) is 29.8 Å². The highest BCUT2D eigenvalue weighted by molar-refractivity contribution is 5.81. The van der Waals surface area contributed by atoms with Crippen LogP contribution in [-0.2, 0) is 11.3 Å². The lowest BCUT2D eigenvalue weighted by Gasteiger charge is -2.24. The molecule has 1 atom stereocenters. The smallest absolute Gasteiger partial charge is 0.237 e. The normalized spacial score (nSPS) is 16.0. The van der Waals surface area contributed by atoms with E-state index in [1.54, 1.807) is 18.9 Å². The lowest BCUT2D eigenvalue weighted by molar-refractivity contribution is -0.125. The van der Waals surface area contributed by atoms with E-state index >= 15 is 0 Å². The van der Waals surface area contributed by atoms with E-state index in [1.807, 2.05) is 0 Å². The lowest BCUT2D eigenvalue weighted by Crippen LogP contribution is -2.43. The molecule has 1 aliphatic carbocycles. The number of likely N-dealkylation sites (N-methyl/N-ethyl adjacent to an activating group) is 1. The van der Waals surface area contributed by atoms with Crippen LogP contribution >= 0.6 is 0 Å². The van der Waals surface area contributed by atoms with Gasteiger partial charge < -0.3 is 5.32 Å². The fourth-order valence-corrected chi connectivity index (χ4v) is 2.88. The minimum absolute atomic E-state index is 0.0728. The minimum atomic E-state index is -0.596. The third-order valence-electron chi connectivity index (χ3n) is 4.61. The van der Waals surface area contributed by atoms with Gasteiger partial charge >= 0.3 is 0 Å². The van der Waals surface area contributed by atoms with Gasteiger partial charge in [-0.3, -0.25) is 9.69 Å². The fraction of sp³-hybridized carbons (Fsp3) is 0.526. The maximum Gasteiger partial charge on any atom is 0.237 e. The molecule has 1 aromatic rings. The fourth-order valence-electron chi connectivity index (χ4n) is 2.88. The molecule has 132 valence electrons. The van der Waals surface area contributed by atoms with E-state index in [4.69, 9.17) is 0 Å². The predicted octanol–water partition coefficient (Wildman–Crippen LogP) is 3.79. The Morgan fingerprint density at radius 3 is 2.79 bits per heavy atom. The van der Waals surface area contributed by atoms with Gasteiger partial charge in [-0.2, -0.15) is 0 Å². The van der Waals surface area contributed by atoms with Crippen LogP contribution in [0, 0.1) is 11.6 Å². The number of nitrogens with zero attached hydrogens (tertiary/aromatic N) is 1. The van der Waals surface area contributed by atoms with Crippen molar-refractivity contribution in [3.8, 4) is 0 Å². The van der Waals surface area contributed by atoms with Gasteiger partial charge in [0.05, 0.1) is 6.04 Å². The number of hydrogen-bond donors (Lipinski definition) is 1. The van der Waals surface area contributed by atoms with Crippen LogP contribution in [0.4, 0.5) is 8.78 Å². The maximum atomic E-state index is 13.7. The second-order valence-electron chi connectivity index (χ2n) is 6.48. The van der Waals surface area contributed by atoms with E-state index in [0.29, 0.717) is 12.1 Å². The first-order valence-electron chi connectivity index (χ1n) is 8.57. The predicted molar refractivity (Wildman–Crippen MR) is 91.5 cm³/mol. The molecular formula is C19H26F2N2O. The molecule has 0 spiro atoms. The summed E-state index contributed by atoms with van der Waals surface area (Å²) in [7, 11) is 1.76. The van der Waals surface area contributed by atoms with E-state index in [2.05, 4.69) is 11.4 Å². The van der Waals surface area contributed by atoms with Crippen LogP contribution in [0.5, 0.6) is 0 Å². The molecule has 0 heterocycles. The van der Waals surface area contributed by atoms with Gasteiger partial charge in [0.15, 0.2) is 0 Å². The monoisotopic (exact) mass is 336 g/mol. The third kappa shape index (κ3) is 5.41. The lowest BCUT2D eigenvalue weighted by atomic mass is 9.97. The highest BCUT2D eigenvalue weighted by Crippen LogP contribution is 2.19. The largest absolute Gasteiger partial charge is 0.354 e. The van der Waals surface area contributed by atoms with Crippen LogP contribution in [0.3, 0.4) is 0 Å². The van der Waals surface area contributed by atoms with E-state index in [-0.39, 0.29) is 18.5 Å². The van der Waals surface area contributed by atoms with Crippen molar-refractivity contribution >= 4 is 5.91 Å². The number of carbonyl (C=O) groups excluding carboxylic acids is 1. The first kappa shape index (κ1) is 18.6. The molecule has 0 fully saturated rings. The van der Waals surface area contributed by atoms with Crippen LogP contribution < -0.4 is 5.32 Å². The molecule has 24 heavy (non-hydrogen) atoms. The zero-order valence-electron chi connectivity index (χ0n) is 14.4. The van der Waals surface area contributed by atoms with Crippen LogP contribution in [0.25, 0.3) is 0 Å². The van der Waals surface area contributed by atoms with Gasteiger partial charge in [0.1, 0.15) is 11.6 Å². The average Bonchev–Trinajstić information content (AvgIpc) is 2.57. The van der Waals surface area contributed by atoms with Crippen molar-refractivity contribution in [2.24, 2.45) is 0 Å². The summed E-state index contributed by atoms with van der Waals surface area (Å²) in [6.45, 7) is 2.68. The van der Waals surface area contributed by atoms with Crippen molar-refractivity contribution in [2.75, 3.05) is 13.6 Å². The van der Waals surface area contributed by atoms with Gasteiger partial charge in [0.25, 0.3) is 0 Å². The Balaban J connectivity index is 1.79. The van der Waals surface area contributed by atoms with E-state index in [0.717, 1.165) is 25.3 Å². The average molecular weight is 336 g/mol. The number of hydrogen-bond acceptors (Lipinski definition) is 2. The zero-order valence-corrected chi connectivity index (χ0v) is 14.4. The molecule has 1 N–H and O–H groups in total. The highest BCUT2D eigenvalue weighted by atomic mass is 19.1. The standard InChI is InChI=1S/C19H26F2N2O/c1-14(19(24)22-11-10-15-6-4-3-5-7-15)23(2)13-16-8-9-17(20)12-18(16)21/h6,8-9,12,14H,3-5,7,10-11,13H2,1-2H3,(H,22,24). The molecule has 0 aliphatic heterocycles. The molecule has 1 amide bonds. The molecule has 0 saturated carbocycles. The highest BCUT2D eigenvalue weighted by Gasteiger charge is 2.19. The Morgan fingerprint density at radius 2 is 2.12 bits per heavy atom. The first-order chi connectivity index (χ1) is 11.5. The van der Waals surface area contributed by atoms with Gasteiger partial charge in [-0.25, -0.2) is 8.78 Å². The summed E-state index contributed by atoms with van der Waals surface area (Å²) in [5.41, 5.74) is 1.81. The van der Waals surface area contributed by atoms with Crippen LogP contribution in [-0.4, -0.2) is 30.4 Å². The summed E-state index contributed by atoms with van der Waals surface area (Å²) < 4.78 is 26.7. The Kier molecular flexibility index (Phi) is 6.91. The summed E-state index contributed by atoms with van der Waals surface area (Å²) in [6, 6.07) is 3.14. The molecule has 0 saturated heterocycles. The van der Waals surface area contributed by atoms with Crippen molar-refractivity contribution in [1.29, 1.82) is 0 Å². The van der Waals surface area contributed by atoms with Crippen LogP contribution in [0.1, 0.15) is 44.6 Å². The number of carbonyl (C=O) groups is 1. The molecule has 0 radical (unpaired) electrons. The van der Waals surface area contributed by atoms with Crippen LogP contribution in [0.2, 0.25) is 0 Å². The molecule has 1 unspecified atom stereocenters. The quantitative estimate of drug-likeness (QED) is 0.768. The summed E-state index contributed by atoms with van der Waals surface area (Å²) in [5.74, 6) is -1.25. The Hall–Kier alpha value is -1.75. The van der Waals surface area contributed by atoms with Crippen molar-refractivity contribution in [1.82, 2.24) is 10.2 Å². The summed E-state index contributed by atoms with van der Waals surface area (Å²) in [4.78, 5) is 14.0. The summed E-state index contributed by atoms with van der Waals surface area (Å²) >= 11 is 0. The van der Waals surface area contributed by atoms with E-state index < -0.39 is 11.6 Å². The number of halogens is 2. The van der Waals surface area contributed by atoms with Crippen molar-refractivity contribution < 1.29 is 13.6 Å². The summed E-state index contributed by atoms with van der Waals surface area (Å²) in [6.07, 6.45) is 7.96. The number of benzene rings is 1. The second-order valence-corrected chi connectivity index (χ2v) is 6.48. The molecule has 0 bridgehead atoms. The molecule has 3 nitrogen and oxygen atoms in total. The molecule has 5 heteroatoms. The molecule has 0 aromatic heterocycles. The number of nitrogens with one attached hydrogen (secondary N) is 1. The Morgan fingerprint density at radius 1 is 1.33 bits per heavy atom.